The molecule has 1 aliphatic heterocycles. The largest absolute Gasteiger partial charge is 0.497 e. The van der Waals surface area contributed by atoms with Crippen LogP contribution in [-0.4, -0.2) is 63.8 Å². The van der Waals surface area contributed by atoms with Crippen LogP contribution in [0.1, 0.15) is 11.1 Å². The lowest BCUT2D eigenvalue weighted by Gasteiger charge is -2.35. The monoisotopic (exact) mass is 437 g/mol. The molecule has 162 valence electrons. The minimum absolute atomic E-state index is 0.0578. The average molecular weight is 438 g/mol. The molecule has 8 heteroatoms. The number of benzene rings is 2. The van der Waals surface area contributed by atoms with Gasteiger partial charge in [-0.25, -0.2) is 0 Å². The third kappa shape index (κ3) is 5.03. The normalized spacial score (nSPS) is 14.6. The van der Waals surface area contributed by atoms with Crippen LogP contribution in [0.25, 0.3) is 11.4 Å². The van der Waals surface area contributed by atoms with Crippen molar-refractivity contribution in [1.29, 1.82) is 0 Å². The number of aromatic amines is 1. The molecule has 7 nitrogen and oxygen atoms in total. The first-order chi connectivity index (χ1) is 15.0. The summed E-state index contributed by atoms with van der Waals surface area (Å²) in [6.07, 6.45) is 0. The number of aryl methyl sites for hydroxylation is 1. The molecule has 1 amide bonds. The Hall–Kier alpha value is -2.97. The van der Waals surface area contributed by atoms with Crippen LogP contribution in [0.5, 0.6) is 5.75 Å². The van der Waals surface area contributed by atoms with Crippen molar-refractivity contribution >= 4 is 18.1 Å². The average Bonchev–Trinajstić information content (AvgIpc) is 3.14. The number of ether oxygens (including phenoxy) is 1. The van der Waals surface area contributed by atoms with Crippen LogP contribution in [0.2, 0.25) is 0 Å². The van der Waals surface area contributed by atoms with Crippen molar-refractivity contribution in [3.05, 3.63) is 64.4 Å². The fraction of sp³-hybridized carbons (Fsp3) is 0.348. The Labute approximate surface area is 187 Å². The Bertz CT molecular complexity index is 1100. The van der Waals surface area contributed by atoms with Gasteiger partial charge in [0.1, 0.15) is 12.3 Å². The number of nitrogens with zero attached hydrogens (tertiary/aromatic N) is 4. The first-order valence-corrected chi connectivity index (χ1v) is 10.8. The maximum absolute atomic E-state index is 13.0. The van der Waals surface area contributed by atoms with Gasteiger partial charge in [0.25, 0.3) is 0 Å². The standard InChI is InChI=1S/C23H27N5O2S/c1-17-4-3-5-18(14-17)15-26-10-12-27(13-11-26)21(29)16-28-22(24-25-23(28)31)19-6-8-20(30-2)9-7-19/h3-9,14H,10-13,15-16H2,1-2H3,(H,25,31). The molecule has 2 aromatic carbocycles. The van der Waals surface area contributed by atoms with Crippen molar-refractivity contribution < 1.29 is 9.53 Å². The zero-order chi connectivity index (χ0) is 21.8. The van der Waals surface area contributed by atoms with Gasteiger partial charge in [0.15, 0.2) is 10.6 Å². The van der Waals surface area contributed by atoms with Crippen molar-refractivity contribution in [3.8, 4) is 17.1 Å². The van der Waals surface area contributed by atoms with Gasteiger partial charge < -0.3 is 9.64 Å². The number of aromatic nitrogens is 3. The van der Waals surface area contributed by atoms with Gasteiger partial charge in [-0.2, -0.15) is 5.10 Å². The summed E-state index contributed by atoms with van der Waals surface area (Å²) >= 11 is 5.38. The van der Waals surface area contributed by atoms with Crippen molar-refractivity contribution in [2.75, 3.05) is 33.3 Å². The zero-order valence-electron chi connectivity index (χ0n) is 17.9. The van der Waals surface area contributed by atoms with E-state index in [2.05, 4.69) is 46.3 Å². The highest BCUT2D eigenvalue weighted by atomic mass is 32.1. The van der Waals surface area contributed by atoms with Gasteiger partial charge in [-0.05, 0) is 49.0 Å². The van der Waals surface area contributed by atoms with E-state index in [1.165, 1.54) is 11.1 Å². The second kappa shape index (κ2) is 9.45. The molecular formula is C23H27N5O2S. The quantitative estimate of drug-likeness (QED) is 0.600. The predicted molar refractivity (Wildman–Crippen MR) is 122 cm³/mol. The van der Waals surface area contributed by atoms with Crippen LogP contribution in [-0.2, 0) is 17.9 Å². The van der Waals surface area contributed by atoms with E-state index in [9.17, 15) is 4.79 Å². The summed E-state index contributed by atoms with van der Waals surface area (Å²) in [5.41, 5.74) is 3.47. The van der Waals surface area contributed by atoms with E-state index < -0.39 is 0 Å². The van der Waals surface area contributed by atoms with Gasteiger partial charge in [0.05, 0.1) is 7.11 Å². The maximum atomic E-state index is 13.0. The van der Waals surface area contributed by atoms with Gasteiger partial charge in [-0.3, -0.25) is 19.4 Å². The molecule has 0 bridgehead atoms. The number of H-pyrrole nitrogens is 1. The summed E-state index contributed by atoms with van der Waals surface area (Å²) in [5, 5.41) is 7.15. The van der Waals surface area contributed by atoms with Gasteiger partial charge in [-0.1, -0.05) is 29.8 Å². The molecule has 0 atom stereocenters. The minimum Gasteiger partial charge on any atom is -0.497 e. The smallest absolute Gasteiger partial charge is 0.242 e. The molecule has 0 aliphatic carbocycles. The van der Waals surface area contributed by atoms with E-state index in [1.807, 2.05) is 29.2 Å². The molecule has 0 unspecified atom stereocenters. The highest BCUT2D eigenvalue weighted by molar-refractivity contribution is 7.71. The van der Waals surface area contributed by atoms with Crippen LogP contribution in [0.4, 0.5) is 0 Å². The number of carbonyl (C=O) groups is 1. The molecule has 0 radical (unpaired) electrons. The van der Waals surface area contributed by atoms with Crippen LogP contribution >= 0.6 is 12.2 Å². The second-order valence-corrected chi connectivity index (χ2v) is 8.20. The topological polar surface area (TPSA) is 66.4 Å². The van der Waals surface area contributed by atoms with Crippen molar-refractivity contribution in [1.82, 2.24) is 24.6 Å². The predicted octanol–water partition coefficient (Wildman–Crippen LogP) is 3.27. The Morgan fingerprint density at radius 1 is 1.13 bits per heavy atom. The number of hydrogen-bond donors (Lipinski definition) is 1. The third-order valence-corrected chi connectivity index (χ3v) is 5.93. The maximum Gasteiger partial charge on any atom is 0.242 e. The molecular weight excluding hydrogens is 410 g/mol. The number of methoxy groups -OCH3 is 1. The highest BCUT2D eigenvalue weighted by Gasteiger charge is 2.22. The highest BCUT2D eigenvalue weighted by Crippen LogP contribution is 2.21. The lowest BCUT2D eigenvalue weighted by Crippen LogP contribution is -2.49. The van der Waals surface area contributed by atoms with Crippen LogP contribution in [0.3, 0.4) is 0 Å². The minimum atomic E-state index is 0.0578. The van der Waals surface area contributed by atoms with Gasteiger partial charge >= 0.3 is 0 Å². The van der Waals surface area contributed by atoms with E-state index in [0.29, 0.717) is 23.7 Å². The van der Waals surface area contributed by atoms with Gasteiger partial charge in [-0.15, -0.1) is 0 Å². The fourth-order valence-electron chi connectivity index (χ4n) is 3.88. The summed E-state index contributed by atoms with van der Waals surface area (Å²) in [7, 11) is 1.63. The molecule has 3 aromatic rings. The molecule has 1 saturated heterocycles. The molecule has 1 fully saturated rings. The second-order valence-electron chi connectivity index (χ2n) is 7.81. The summed E-state index contributed by atoms with van der Waals surface area (Å²) in [6, 6.07) is 16.1. The molecule has 1 N–H and O–H groups in total. The molecule has 1 aliphatic rings. The number of amides is 1. The molecule has 2 heterocycles. The van der Waals surface area contributed by atoms with Crippen molar-refractivity contribution in [3.63, 3.8) is 0 Å². The molecule has 31 heavy (non-hydrogen) atoms. The van der Waals surface area contributed by atoms with Gasteiger partial charge in [0.2, 0.25) is 5.91 Å². The van der Waals surface area contributed by atoms with Crippen molar-refractivity contribution in [2.24, 2.45) is 0 Å². The lowest BCUT2D eigenvalue weighted by atomic mass is 10.1. The first kappa shape index (κ1) is 21.3. The number of hydrogen-bond acceptors (Lipinski definition) is 5. The third-order valence-electron chi connectivity index (χ3n) is 5.61. The van der Waals surface area contributed by atoms with Gasteiger partial charge in [0, 0.05) is 38.3 Å². The summed E-state index contributed by atoms with van der Waals surface area (Å²) in [5.74, 6) is 1.48. The lowest BCUT2D eigenvalue weighted by molar-refractivity contribution is -0.133. The van der Waals surface area contributed by atoms with E-state index in [4.69, 9.17) is 17.0 Å². The molecule has 1 aromatic heterocycles. The van der Waals surface area contributed by atoms with E-state index in [0.717, 1.165) is 30.9 Å². The Morgan fingerprint density at radius 3 is 2.55 bits per heavy atom. The number of rotatable bonds is 6. The molecule has 0 saturated carbocycles. The zero-order valence-corrected chi connectivity index (χ0v) is 18.7. The van der Waals surface area contributed by atoms with E-state index >= 15 is 0 Å². The number of carbonyl (C=O) groups excluding carboxylic acids is 1. The Balaban J connectivity index is 1.38. The van der Waals surface area contributed by atoms with Crippen LogP contribution < -0.4 is 4.74 Å². The summed E-state index contributed by atoms with van der Waals surface area (Å²) in [4.78, 5) is 17.3. The summed E-state index contributed by atoms with van der Waals surface area (Å²) in [6.45, 7) is 6.36. The van der Waals surface area contributed by atoms with E-state index in [-0.39, 0.29) is 12.5 Å². The van der Waals surface area contributed by atoms with Crippen LogP contribution in [0, 0.1) is 11.7 Å². The SMILES string of the molecule is COc1ccc(-c2n[nH]c(=S)n2CC(=O)N2CCN(Cc3cccc(C)c3)CC2)cc1. The fourth-order valence-corrected chi connectivity index (χ4v) is 4.08. The van der Waals surface area contributed by atoms with Crippen LogP contribution in [0.15, 0.2) is 48.5 Å². The number of nitrogens with one attached hydrogen (secondary N) is 1. The first-order valence-electron chi connectivity index (χ1n) is 10.4. The molecule has 4 rings (SSSR count). The molecule has 0 spiro atoms. The van der Waals surface area contributed by atoms with E-state index in [1.54, 1.807) is 11.7 Å². The van der Waals surface area contributed by atoms with Crippen molar-refractivity contribution in [2.45, 2.75) is 20.0 Å². The Morgan fingerprint density at radius 2 is 1.87 bits per heavy atom. The Kier molecular flexibility index (Phi) is 6.48. The summed E-state index contributed by atoms with van der Waals surface area (Å²) < 4.78 is 7.42. The number of piperazine rings is 1.